The Morgan fingerprint density at radius 1 is 1.08 bits per heavy atom. The average Bonchev–Trinajstić information content (AvgIpc) is 1.86. The summed E-state index contributed by atoms with van der Waals surface area (Å²) < 4.78 is 21.9. The van der Waals surface area contributed by atoms with Gasteiger partial charge in [-0.25, -0.2) is 8.42 Å². The molecule has 0 aliphatic heterocycles. The molecule has 0 bridgehead atoms. The maximum atomic E-state index is 10.9. The quantitative estimate of drug-likeness (QED) is 0.480. The molecule has 0 spiro atoms. The first-order chi connectivity index (χ1) is 5.00. The SMILES string of the molecule is Bc1ccc(S(C)(=O)=O)cc1.O.O. The van der Waals surface area contributed by atoms with Gasteiger partial charge in [-0.05, 0) is 12.1 Å². The van der Waals surface area contributed by atoms with Crippen molar-refractivity contribution in [2.24, 2.45) is 0 Å². The molecule has 0 heterocycles. The minimum absolute atomic E-state index is 0. The largest absolute Gasteiger partial charge is 0.412 e. The highest BCUT2D eigenvalue weighted by atomic mass is 32.2. The lowest BCUT2D eigenvalue weighted by Gasteiger charge is -1.96. The summed E-state index contributed by atoms with van der Waals surface area (Å²) in [5.41, 5.74) is 1.07. The first-order valence-electron chi connectivity index (χ1n) is 3.27. The number of hydrogen-bond donors (Lipinski definition) is 0. The van der Waals surface area contributed by atoms with Crippen LogP contribution in [0.3, 0.4) is 0 Å². The van der Waals surface area contributed by atoms with Crippen LogP contribution in [0, 0.1) is 0 Å². The lowest BCUT2D eigenvalue weighted by Crippen LogP contribution is -2.03. The molecule has 0 saturated heterocycles. The van der Waals surface area contributed by atoms with Gasteiger partial charge >= 0.3 is 0 Å². The van der Waals surface area contributed by atoms with Gasteiger partial charge in [-0.2, -0.15) is 0 Å². The lowest BCUT2D eigenvalue weighted by molar-refractivity contribution is 0.602. The summed E-state index contributed by atoms with van der Waals surface area (Å²) in [6.07, 6.45) is 1.21. The molecule has 0 saturated carbocycles. The summed E-state index contributed by atoms with van der Waals surface area (Å²) in [5.74, 6) is 0. The van der Waals surface area contributed by atoms with E-state index >= 15 is 0 Å². The Morgan fingerprint density at radius 3 is 1.77 bits per heavy atom. The van der Waals surface area contributed by atoms with Crippen LogP contribution in [0.4, 0.5) is 0 Å². The molecule has 0 amide bonds. The zero-order valence-electron chi connectivity index (χ0n) is 7.53. The fraction of sp³-hybridized carbons (Fsp3) is 0.143. The minimum Gasteiger partial charge on any atom is -0.412 e. The Hall–Kier alpha value is -0.845. The fourth-order valence-corrected chi connectivity index (χ4v) is 1.42. The van der Waals surface area contributed by atoms with Crippen LogP contribution in [0.25, 0.3) is 0 Å². The Kier molecular flexibility index (Phi) is 5.65. The van der Waals surface area contributed by atoms with Crippen molar-refractivity contribution in [1.82, 2.24) is 0 Å². The summed E-state index contributed by atoms with van der Waals surface area (Å²) in [7, 11) is -1.10. The molecule has 0 unspecified atom stereocenters. The van der Waals surface area contributed by atoms with Crippen LogP contribution >= 0.6 is 0 Å². The zero-order valence-corrected chi connectivity index (χ0v) is 8.35. The second kappa shape index (κ2) is 5.01. The molecule has 0 aliphatic carbocycles. The molecular formula is C7H13BO4S. The summed E-state index contributed by atoms with van der Waals surface area (Å²) in [6, 6.07) is 6.81. The van der Waals surface area contributed by atoms with E-state index < -0.39 is 9.84 Å². The third kappa shape index (κ3) is 4.07. The van der Waals surface area contributed by atoms with Crippen molar-refractivity contribution >= 4 is 23.1 Å². The van der Waals surface area contributed by atoms with E-state index in [1.165, 1.54) is 6.26 Å². The number of sulfone groups is 1. The van der Waals surface area contributed by atoms with Crippen molar-refractivity contribution in [3.8, 4) is 0 Å². The lowest BCUT2D eigenvalue weighted by atomic mass is 9.97. The smallest absolute Gasteiger partial charge is 0.175 e. The van der Waals surface area contributed by atoms with Crippen LogP contribution in [-0.2, 0) is 9.84 Å². The predicted molar refractivity (Wildman–Crippen MR) is 55.0 cm³/mol. The Labute approximate surface area is 78.5 Å². The van der Waals surface area contributed by atoms with Crippen LogP contribution in [0.2, 0.25) is 0 Å². The topological polar surface area (TPSA) is 97.1 Å². The standard InChI is InChI=1S/C7H9BO2S.2H2O/c1-11(9,10)7-4-2-6(8)3-5-7;;/h2-5H,8H2,1H3;2*1H2. The van der Waals surface area contributed by atoms with Crippen LogP contribution in [0.15, 0.2) is 29.2 Å². The highest BCUT2D eigenvalue weighted by Crippen LogP contribution is 2.04. The molecule has 74 valence electrons. The van der Waals surface area contributed by atoms with Gasteiger partial charge in [-0.3, -0.25) is 0 Å². The van der Waals surface area contributed by atoms with Crippen LogP contribution in [0.5, 0.6) is 0 Å². The van der Waals surface area contributed by atoms with Crippen molar-refractivity contribution in [3.05, 3.63) is 24.3 Å². The van der Waals surface area contributed by atoms with Crippen LogP contribution < -0.4 is 5.46 Å². The van der Waals surface area contributed by atoms with E-state index in [0.29, 0.717) is 4.90 Å². The number of benzene rings is 1. The van der Waals surface area contributed by atoms with Gasteiger partial charge in [0, 0.05) is 6.26 Å². The van der Waals surface area contributed by atoms with Crippen LogP contribution in [-0.4, -0.2) is 33.5 Å². The van der Waals surface area contributed by atoms with Gasteiger partial charge in [0.1, 0.15) is 7.85 Å². The minimum atomic E-state index is -3.02. The number of hydrogen-bond acceptors (Lipinski definition) is 2. The van der Waals surface area contributed by atoms with Gasteiger partial charge in [0.2, 0.25) is 0 Å². The third-order valence-electron chi connectivity index (χ3n) is 1.45. The monoisotopic (exact) mass is 204 g/mol. The van der Waals surface area contributed by atoms with E-state index in [4.69, 9.17) is 0 Å². The second-order valence-electron chi connectivity index (χ2n) is 2.59. The zero-order chi connectivity index (χ0) is 8.48. The number of rotatable bonds is 1. The molecule has 0 aromatic heterocycles. The molecule has 4 nitrogen and oxygen atoms in total. The molecule has 0 fully saturated rings. The van der Waals surface area contributed by atoms with Crippen molar-refractivity contribution in [2.45, 2.75) is 4.90 Å². The van der Waals surface area contributed by atoms with Gasteiger partial charge in [0.15, 0.2) is 9.84 Å². The molecule has 6 heteroatoms. The van der Waals surface area contributed by atoms with Crippen molar-refractivity contribution in [1.29, 1.82) is 0 Å². The van der Waals surface area contributed by atoms with Crippen LogP contribution in [0.1, 0.15) is 0 Å². The van der Waals surface area contributed by atoms with Gasteiger partial charge in [-0.15, -0.1) is 0 Å². The van der Waals surface area contributed by atoms with Crippen molar-refractivity contribution < 1.29 is 19.4 Å². The Morgan fingerprint density at radius 2 is 1.46 bits per heavy atom. The van der Waals surface area contributed by atoms with Gasteiger partial charge in [0.25, 0.3) is 0 Å². The van der Waals surface area contributed by atoms with E-state index in [1.807, 2.05) is 7.85 Å². The molecule has 1 aromatic rings. The maximum absolute atomic E-state index is 10.9. The van der Waals surface area contributed by atoms with E-state index in [2.05, 4.69) is 0 Å². The van der Waals surface area contributed by atoms with E-state index in [-0.39, 0.29) is 11.0 Å². The van der Waals surface area contributed by atoms with Gasteiger partial charge in [-0.1, -0.05) is 17.6 Å². The second-order valence-corrected chi connectivity index (χ2v) is 4.60. The fourth-order valence-electron chi connectivity index (χ4n) is 0.785. The summed E-state index contributed by atoms with van der Waals surface area (Å²) >= 11 is 0. The predicted octanol–water partition coefficient (Wildman–Crippen LogP) is -2.30. The first kappa shape index (κ1) is 14.7. The van der Waals surface area contributed by atoms with Gasteiger partial charge < -0.3 is 11.0 Å². The maximum Gasteiger partial charge on any atom is 0.175 e. The van der Waals surface area contributed by atoms with Crippen molar-refractivity contribution in [2.75, 3.05) is 6.26 Å². The molecule has 1 rings (SSSR count). The van der Waals surface area contributed by atoms with Gasteiger partial charge in [0.05, 0.1) is 4.90 Å². The first-order valence-corrected chi connectivity index (χ1v) is 5.16. The molecule has 0 aliphatic rings. The third-order valence-corrected chi connectivity index (χ3v) is 2.58. The normalized spacial score (nSPS) is 9.62. The summed E-state index contributed by atoms with van der Waals surface area (Å²) in [4.78, 5) is 0.378. The molecule has 1 aromatic carbocycles. The molecule has 4 N–H and O–H groups in total. The Balaban J connectivity index is 0. The average molecular weight is 204 g/mol. The molecule has 0 atom stereocenters. The molecule has 13 heavy (non-hydrogen) atoms. The van der Waals surface area contributed by atoms with E-state index in [1.54, 1.807) is 24.3 Å². The Bertz CT molecular complexity index is 343. The van der Waals surface area contributed by atoms with E-state index in [0.717, 1.165) is 5.46 Å². The highest BCUT2D eigenvalue weighted by molar-refractivity contribution is 7.90. The summed E-state index contributed by atoms with van der Waals surface area (Å²) in [5, 5.41) is 0. The molecule has 0 radical (unpaired) electrons. The van der Waals surface area contributed by atoms with E-state index in [9.17, 15) is 8.42 Å². The van der Waals surface area contributed by atoms with Crippen molar-refractivity contribution in [3.63, 3.8) is 0 Å². The summed E-state index contributed by atoms with van der Waals surface area (Å²) in [6.45, 7) is 0. The highest BCUT2D eigenvalue weighted by Gasteiger charge is 2.04. The molecular weight excluding hydrogens is 191 g/mol.